The molecule has 0 spiro atoms. The molecule has 1 saturated carbocycles. The summed E-state index contributed by atoms with van der Waals surface area (Å²) in [6, 6.07) is -4.65. The van der Waals surface area contributed by atoms with E-state index < -0.39 is 167 Å². The Hall–Kier alpha value is -0.960. The third-order valence-electron chi connectivity index (χ3n) is 10.4. The zero-order chi connectivity index (χ0) is 39.0. The van der Waals surface area contributed by atoms with Crippen molar-refractivity contribution in [2.24, 2.45) is 28.7 Å². The van der Waals surface area contributed by atoms with Gasteiger partial charge in [0.2, 0.25) is 0 Å². The standard InChI is InChI=1S/C29H55N5O19/c30-2-8-23(52-28-20(44)19(43)16(40)10(4-36)48-28)18(42)13(34)27(46-8)51-24-11(5-37)49-29(21(24)45)53-25-14(38)6(31)1-7(32)22(25)50-26-12(33)17(41)15(39)9(3-35)47-26/h6-29,35-45H,1-5,30-34H2. The molecule has 5 rings (SSSR count). The van der Waals surface area contributed by atoms with E-state index in [1.807, 2.05) is 0 Å². The van der Waals surface area contributed by atoms with Crippen LogP contribution in [0, 0.1) is 0 Å². The maximum absolute atomic E-state index is 11.4. The van der Waals surface area contributed by atoms with Crippen molar-refractivity contribution in [3.05, 3.63) is 0 Å². The molecule has 24 unspecified atom stereocenters. The Bertz CT molecular complexity index is 1150. The average Bonchev–Trinajstić information content (AvgIpc) is 3.44. The summed E-state index contributed by atoms with van der Waals surface area (Å²) in [4.78, 5) is 0. The van der Waals surface area contributed by atoms with Crippen LogP contribution in [0.25, 0.3) is 0 Å². The van der Waals surface area contributed by atoms with Gasteiger partial charge in [0, 0.05) is 18.6 Å². The molecular weight excluding hydrogens is 722 g/mol. The number of aliphatic hydroxyl groups is 11. The second-order valence-electron chi connectivity index (χ2n) is 14.0. The van der Waals surface area contributed by atoms with Gasteiger partial charge in [-0.3, -0.25) is 0 Å². The van der Waals surface area contributed by atoms with Crippen LogP contribution < -0.4 is 28.7 Å². The molecule has 5 aliphatic rings. The number of hydrogen-bond acceptors (Lipinski definition) is 24. The van der Waals surface area contributed by atoms with Crippen LogP contribution in [0.3, 0.4) is 0 Å². The highest BCUT2D eigenvalue weighted by molar-refractivity contribution is 5.02. The summed E-state index contributed by atoms with van der Waals surface area (Å²) < 4.78 is 46.1. The maximum Gasteiger partial charge on any atom is 0.187 e. The van der Waals surface area contributed by atoms with E-state index in [4.69, 9.17) is 66.6 Å². The largest absolute Gasteiger partial charge is 0.394 e. The highest BCUT2D eigenvalue weighted by Crippen LogP contribution is 2.35. The highest BCUT2D eigenvalue weighted by Gasteiger charge is 2.55. The zero-order valence-electron chi connectivity index (χ0n) is 28.5. The van der Waals surface area contributed by atoms with Crippen molar-refractivity contribution < 1.29 is 94.1 Å². The van der Waals surface area contributed by atoms with E-state index in [-0.39, 0.29) is 13.0 Å². The highest BCUT2D eigenvalue weighted by atomic mass is 16.8. The van der Waals surface area contributed by atoms with Crippen molar-refractivity contribution in [1.82, 2.24) is 0 Å². The SMILES string of the molecule is NCC1OC(OC2C(CO)OC(OC3C(O)C(N)CC(N)C3OC3OC(CO)C(O)C(O)C3N)C2O)C(N)C(O)C1OC1OC(CO)C(O)C(O)C1O. The lowest BCUT2D eigenvalue weighted by molar-refractivity contribution is -0.348. The Morgan fingerprint density at radius 2 is 0.849 bits per heavy atom. The van der Waals surface area contributed by atoms with Crippen molar-refractivity contribution >= 4 is 0 Å². The lowest BCUT2D eigenvalue weighted by Crippen LogP contribution is -2.68. The summed E-state index contributed by atoms with van der Waals surface area (Å²) in [6.07, 6.45) is -30.1. The summed E-state index contributed by atoms with van der Waals surface area (Å²) in [5, 5.41) is 114. The van der Waals surface area contributed by atoms with Crippen molar-refractivity contribution in [3.8, 4) is 0 Å². The van der Waals surface area contributed by atoms with Crippen LogP contribution in [0.15, 0.2) is 0 Å². The van der Waals surface area contributed by atoms with Gasteiger partial charge in [-0.25, -0.2) is 0 Å². The quantitative estimate of drug-likeness (QED) is 0.0874. The molecule has 310 valence electrons. The van der Waals surface area contributed by atoms with Gasteiger partial charge in [0.1, 0.15) is 91.6 Å². The van der Waals surface area contributed by atoms with Gasteiger partial charge in [-0.15, -0.1) is 0 Å². The third kappa shape index (κ3) is 8.66. The zero-order valence-corrected chi connectivity index (χ0v) is 28.5. The summed E-state index contributed by atoms with van der Waals surface area (Å²) >= 11 is 0. The van der Waals surface area contributed by atoms with Crippen molar-refractivity contribution in [2.75, 3.05) is 26.4 Å². The number of rotatable bonds is 12. The molecule has 53 heavy (non-hydrogen) atoms. The second-order valence-corrected chi connectivity index (χ2v) is 14.0. The fraction of sp³-hybridized carbons (Fsp3) is 1.00. The van der Waals surface area contributed by atoms with Gasteiger partial charge in [-0.1, -0.05) is 0 Å². The minimum absolute atomic E-state index is 0.0178. The summed E-state index contributed by atoms with van der Waals surface area (Å²) in [5.74, 6) is 0. The normalized spacial score (nSPS) is 53.9. The fourth-order valence-electron chi connectivity index (χ4n) is 7.18. The lowest BCUT2D eigenvalue weighted by Gasteiger charge is -2.47. The van der Waals surface area contributed by atoms with Gasteiger partial charge in [0.15, 0.2) is 25.2 Å². The number of nitrogens with two attached hydrogens (primary N) is 5. The van der Waals surface area contributed by atoms with E-state index in [1.54, 1.807) is 0 Å². The molecule has 4 saturated heterocycles. The van der Waals surface area contributed by atoms with E-state index in [2.05, 4.69) is 0 Å². The molecule has 0 radical (unpaired) electrons. The van der Waals surface area contributed by atoms with Gasteiger partial charge in [-0.2, -0.15) is 0 Å². The van der Waals surface area contributed by atoms with Crippen LogP contribution in [0.2, 0.25) is 0 Å². The Morgan fingerprint density at radius 1 is 0.415 bits per heavy atom. The van der Waals surface area contributed by atoms with Crippen LogP contribution in [0.4, 0.5) is 0 Å². The van der Waals surface area contributed by atoms with Crippen LogP contribution in [0.5, 0.6) is 0 Å². The Balaban J connectivity index is 1.27. The Kier molecular flexibility index (Phi) is 14.7. The first-order chi connectivity index (χ1) is 25.1. The van der Waals surface area contributed by atoms with Crippen LogP contribution >= 0.6 is 0 Å². The monoisotopic (exact) mass is 777 g/mol. The fourth-order valence-corrected chi connectivity index (χ4v) is 7.18. The molecule has 4 aliphatic heterocycles. The smallest absolute Gasteiger partial charge is 0.187 e. The molecule has 5 fully saturated rings. The van der Waals surface area contributed by atoms with Crippen molar-refractivity contribution in [1.29, 1.82) is 0 Å². The van der Waals surface area contributed by atoms with E-state index in [1.165, 1.54) is 0 Å². The predicted octanol–water partition coefficient (Wildman–Crippen LogP) is -11.0. The summed E-state index contributed by atoms with van der Waals surface area (Å²) in [7, 11) is 0. The first-order valence-corrected chi connectivity index (χ1v) is 17.3. The lowest BCUT2D eigenvalue weighted by atomic mass is 9.84. The molecule has 0 bridgehead atoms. The molecule has 0 aromatic heterocycles. The average molecular weight is 778 g/mol. The molecule has 0 amide bonds. The minimum Gasteiger partial charge on any atom is -0.394 e. The molecule has 24 nitrogen and oxygen atoms in total. The van der Waals surface area contributed by atoms with Crippen LogP contribution in [0.1, 0.15) is 6.42 Å². The van der Waals surface area contributed by atoms with E-state index >= 15 is 0 Å². The molecule has 0 aromatic carbocycles. The Morgan fingerprint density at radius 3 is 1.43 bits per heavy atom. The van der Waals surface area contributed by atoms with Gasteiger partial charge in [-0.05, 0) is 6.42 Å². The predicted molar refractivity (Wildman–Crippen MR) is 169 cm³/mol. The Labute approximate surface area is 302 Å². The molecular formula is C29H55N5O19. The summed E-state index contributed by atoms with van der Waals surface area (Å²) in [5.41, 5.74) is 30.6. The van der Waals surface area contributed by atoms with Crippen molar-refractivity contribution in [2.45, 2.75) is 153 Å². The van der Waals surface area contributed by atoms with Gasteiger partial charge < -0.3 is 123 Å². The van der Waals surface area contributed by atoms with Gasteiger partial charge >= 0.3 is 0 Å². The van der Waals surface area contributed by atoms with Crippen LogP contribution in [-0.4, -0.2) is 230 Å². The maximum atomic E-state index is 11.4. The van der Waals surface area contributed by atoms with Crippen LogP contribution in [-0.2, 0) is 37.9 Å². The minimum atomic E-state index is -1.81. The summed E-state index contributed by atoms with van der Waals surface area (Å²) in [6.45, 7) is -2.49. The first-order valence-electron chi connectivity index (χ1n) is 17.3. The second kappa shape index (κ2) is 18.1. The van der Waals surface area contributed by atoms with Gasteiger partial charge in [0.25, 0.3) is 0 Å². The van der Waals surface area contributed by atoms with E-state index in [0.717, 1.165) is 0 Å². The van der Waals surface area contributed by atoms with Crippen molar-refractivity contribution in [3.63, 3.8) is 0 Å². The van der Waals surface area contributed by atoms with E-state index in [9.17, 15) is 56.2 Å². The molecule has 4 heterocycles. The van der Waals surface area contributed by atoms with E-state index in [0.29, 0.717) is 0 Å². The van der Waals surface area contributed by atoms with Gasteiger partial charge in [0.05, 0.1) is 38.0 Å². The molecule has 0 aromatic rings. The first kappa shape index (κ1) is 43.2. The topological polar surface area (TPSA) is 426 Å². The number of hydrogen-bond donors (Lipinski definition) is 16. The molecule has 1 aliphatic carbocycles. The molecule has 24 heteroatoms. The number of ether oxygens (including phenoxy) is 8. The molecule has 24 atom stereocenters. The number of aliphatic hydroxyl groups excluding tert-OH is 11. The molecule has 21 N–H and O–H groups in total. The third-order valence-corrected chi connectivity index (χ3v) is 10.4.